The quantitative estimate of drug-likeness (QED) is 0.594. The lowest BCUT2D eigenvalue weighted by molar-refractivity contribution is -0.142. The number of nitrogens with zero attached hydrogens (tertiary/aromatic N) is 3. The number of thiocarbonyl (C=S) groups is 1. The molecule has 0 fully saturated rings. The lowest BCUT2D eigenvalue weighted by atomic mass is 10.3. The topological polar surface area (TPSA) is 81.3 Å². The van der Waals surface area contributed by atoms with Crippen LogP contribution in [0.2, 0.25) is 0 Å². The van der Waals surface area contributed by atoms with Crippen LogP contribution in [0.15, 0.2) is 12.4 Å². The van der Waals surface area contributed by atoms with E-state index in [1.165, 1.54) is 6.20 Å². The van der Waals surface area contributed by atoms with Crippen molar-refractivity contribution in [2.45, 2.75) is 13.3 Å². The van der Waals surface area contributed by atoms with Crippen LogP contribution in [0.25, 0.3) is 0 Å². The van der Waals surface area contributed by atoms with E-state index in [1.807, 2.05) is 0 Å². The van der Waals surface area contributed by atoms with Crippen LogP contribution in [0.5, 0.6) is 0 Å². The summed E-state index contributed by atoms with van der Waals surface area (Å²) in [6.07, 6.45) is 3.35. The minimum absolute atomic E-state index is 0.182. The highest BCUT2D eigenvalue weighted by Crippen LogP contribution is 2.13. The van der Waals surface area contributed by atoms with E-state index in [0.29, 0.717) is 24.7 Å². The Kier molecular flexibility index (Phi) is 5.44. The molecule has 0 unspecified atom stereocenters. The molecule has 1 aromatic rings. The predicted molar refractivity (Wildman–Crippen MR) is 72.4 cm³/mol. The van der Waals surface area contributed by atoms with Crippen LogP contribution < -0.4 is 10.6 Å². The molecule has 7 heteroatoms. The summed E-state index contributed by atoms with van der Waals surface area (Å²) in [5.41, 5.74) is 6.02. The number of hydrogen-bond donors (Lipinski definition) is 1. The third-order valence-corrected chi connectivity index (χ3v) is 2.42. The van der Waals surface area contributed by atoms with Crippen molar-refractivity contribution in [3.05, 3.63) is 18.1 Å². The number of aromatic nitrogens is 2. The smallest absolute Gasteiger partial charge is 0.307 e. The fourth-order valence-corrected chi connectivity index (χ4v) is 1.53. The maximum Gasteiger partial charge on any atom is 0.307 e. The monoisotopic (exact) mass is 268 g/mol. The predicted octanol–water partition coefficient (Wildman–Crippen LogP) is 0.500. The van der Waals surface area contributed by atoms with E-state index in [9.17, 15) is 4.79 Å². The Balaban J connectivity index is 2.69. The first-order chi connectivity index (χ1) is 8.56. The largest absolute Gasteiger partial charge is 0.466 e. The van der Waals surface area contributed by atoms with Crippen LogP contribution in [0.3, 0.4) is 0 Å². The molecular weight excluding hydrogens is 252 g/mol. The molecule has 6 nitrogen and oxygen atoms in total. The molecule has 1 aromatic heterocycles. The third kappa shape index (κ3) is 3.92. The molecule has 0 spiro atoms. The molecule has 0 atom stereocenters. The van der Waals surface area contributed by atoms with Crippen molar-refractivity contribution < 1.29 is 9.53 Å². The first kappa shape index (κ1) is 14.3. The fraction of sp³-hybridized carbons (Fsp3) is 0.455. The van der Waals surface area contributed by atoms with Gasteiger partial charge < -0.3 is 15.4 Å². The van der Waals surface area contributed by atoms with Crippen molar-refractivity contribution in [1.29, 1.82) is 0 Å². The van der Waals surface area contributed by atoms with Gasteiger partial charge in [0.1, 0.15) is 10.7 Å². The summed E-state index contributed by atoms with van der Waals surface area (Å²) >= 11 is 4.90. The maximum atomic E-state index is 11.3. The van der Waals surface area contributed by atoms with Gasteiger partial charge in [-0.05, 0) is 6.92 Å². The molecule has 2 N–H and O–H groups in total. The molecule has 18 heavy (non-hydrogen) atoms. The number of ether oxygens (including phenoxy) is 1. The fourth-order valence-electron chi connectivity index (χ4n) is 1.38. The lowest BCUT2D eigenvalue weighted by Crippen LogP contribution is -2.26. The Morgan fingerprint density at radius 3 is 2.78 bits per heavy atom. The first-order valence-electron chi connectivity index (χ1n) is 5.53. The molecular formula is C11H16N4O2S. The van der Waals surface area contributed by atoms with Gasteiger partial charge in [-0.25, -0.2) is 9.97 Å². The second-order valence-corrected chi connectivity index (χ2v) is 4.01. The molecule has 0 aromatic carbocycles. The second-order valence-electron chi connectivity index (χ2n) is 3.57. The van der Waals surface area contributed by atoms with Crippen molar-refractivity contribution in [3.8, 4) is 0 Å². The molecule has 0 aliphatic rings. The van der Waals surface area contributed by atoms with E-state index in [4.69, 9.17) is 22.7 Å². The van der Waals surface area contributed by atoms with Gasteiger partial charge in [-0.15, -0.1) is 0 Å². The lowest BCUT2D eigenvalue weighted by Gasteiger charge is -2.19. The van der Waals surface area contributed by atoms with Crippen LogP contribution in [0.1, 0.15) is 19.0 Å². The molecule has 1 rings (SSSR count). The number of rotatable bonds is 6. The average molecular weight is 268 g/mol. The summed E-state index contributed by atoms with van der Waals surface area (Å²) in [4.78, 5) is 21.5. The highest BCUT2D eigenvalue weighted by atomic mass is 32.1. The van der Waals surface area contributed by atoms with Gasteiger partial charge in [-0.3, -0.25) is 4.79 Å². The SMILES string of the molecule is CCOC(=O)CCN(C)c1nccnc1C(N)=S. The van der Waals surface area contributed by atoms with Gasteiger partial charge in [0.2, 0.25) is 0 Å². The zero-order valence-corrected chi connectivity index (χ0v) is 11.2. The number of nitrogens with two attached hydrogens (primary N) is 1. The highest BCUT2D eigenvalue weighted by molar-refractivity contribution is 7.80. The molecule has 0 amide bonds. The van der Waals surface area contributed by atoms with Crippen molar-refractivity contribution in [1.82, 2.24) is 9.97 Å². The summed E-state index contributed by atoms with van der Waals surface area (Å²) in [6, 6.07) is 0. The first-order valence-corrected chi connectivity index (χ1v) is 5.94. The van der Waals surface area contributed by atoms with E-state index in [0.717, 1.165) is 0 Å². The molecule has 0 saturated heterocycles. The van der Waals surface area contributed by atoms with Crippen LogP contribution >= 0.6 is 12.2 Å². The Bertz CT molecular complexity index is 439. The van der Waals surface area contributed by atoms with Gasteiger partial charge in [-0.2, -0.15) is 0 Å². The summed E-state index contributed by atoms with van der Waals surface area (Å²) < 4.78 is 4.85. The zero-order chi connectivity index (χ0) is 13.5. The molecule has 0 radical (unpaired) electrons. The number of hydrogen-bond acceptors (Lipinski definition) is 6. The van der Waals surface area contributed by atoms with Crippen molar-refractivity contribution in [3.63, 3.8) is 0 Å². The molecule has 0 aliphatic heterocycles. The van der Waals surface area contributed by atoms with Gasteiger partial charge in [0, 0.05) is 26.0 Å². The standard InChI is InChI=1S/C11H16N4O2S/c1-3-17-8(16)4-7-15(2)11-9(10(12)18)13-5-6-14-11/h5-6H,3-4,7H2,1-2H3,(H2,12,18). The Morgan fingerprint density at radius 2 is 2.17 bits per heavy atom. The normalized spacial score (nSPS) is 9.89. The number of carbonyl (C=O) groups is 1. The molecule has 0 aliphatic carbocycles. The minimum Gasteiger partial charge on any atom is -0.466 e. The maximum absolute atomic E-state index is 11.3. The third-order valence-electron chi connectivity index (χ3n) is 2.23. The van der Waals surface area contributed by atoms with E-state index in [2.05, 4.69) is 9.97 Å². The molecule has 0 saturated carbocycles. The van der Waals surface area contributed by atoms with Gasteiger partial charge in [0.05, 0.1) is 13.0 Å². The zero-order valence-electron chi connectivity index (χ0n) is 10.4. The van der Waals surface area contributed by atoms with Gasteiger partial charge in [0.25, 0.3) is 0 Å². The van der Waals surface area contributed by atoms with E-state index in [-0.39, 0.29) is 17.4 Å². The number of esters is 1. The molecule has 1 heterocycles. The van der Waals surface area contributed by atoms with Crippen molar-refractivity contribution in [2.75, 3.05) is 25.1 Å². The van der Waals surface area contributed by atoms with Crippen LogP contribution in [0, 0.1) is 0 Å². The van der Waals surface area contributed by atoms with Gasteiger partial charge >= 0.3 is 5.97 Å². The second kappa shape index (κ2) is 6.85. The van der Waals surface area contributed by atoms with Crippen molar-refractivity contribution >= 4 is 29.0 Å². The van der Waals surface area contributed by atoms with Gasteiger partial charge in [-0.1, -0.05) is 12.2 Å². The minimum atomic E-state index is -0.245. The summed E-state index contributed by atoms with van der Waals surface area (Å²) in [7, 11) is 1.80. The molecule has 0 bridgehead atoms. The summed E-state index contributed by atoms with van der Waals surface area (Å²) in [5.74, 6) is 0.319. The highest BCUT2D eigenvalue weighted by Gasteiger charge is 2.13. The average Bonchev–Trinajstić information content (AvgIpc) is 2.36. The molecule has 98 valence electrons. The van der Waals surface area contributed by atoms with Crippen molar-refractivity contribution in [2.24, 2.45) is 5.73 Å². The Labute approximate surface area is 111 Å². The van der Waals surface area contributed by atoms with E-state index >= 15 is 0 Å². The van der Waals surface area contributed by atoms with E-state index < -0.39 is 0 Å². The van der Waals surface area contributed by atoms with Gasteiger partial charge in [0.15, 0.2) is 5.82 Å². The summed E-state index contributed by atoms with van der Waals surface area (Å²) in [6.45, 7) is 2.62. The number of anilines is 1. The van der Waals surface area contributed by atoms with E-state index in [1.54, 1.807) is 25.1 Å². The number of carbonyl (C=O) groups excluding carboxylic acids is 1. The summed E-state index contributed by atoms with van der Waals surface area (Å²) in [5, 5.41) is 0. The Morgan fingerprint density at radius 1 is 1.50 bits per heavy atom. The van der Waals surface area contributed by atoms with Crippen LogP contribution in [0.4, 0.5) is 5.82 Å². The Hall–Kier alpha value is -1.76. The van der Waals surface area contributed by atoms with Crippen LogP contribution in [-0.4, -0.2) is 41.1 Å². The van der Waals surface area contributed by atoms with Crippen LogP contribution in [-0.2, 0) is 9.53 Å².